The molecule has 0 spiro atoms. The van der Waals surface area contributed by atoms with Gasteiger partial charge < -0.3 is 9.47 Å². The maximum absolute atomic E-state index is 12.0. The molecule has 1 aromatic heterocycles. The van der Waals surface area contributed by atoms with Crippen LogP contribution in [0.1, 0.15) is 47.7 Å². The number of aromatic nitrogens is 2. The van der Waals surface area contributed by atoms with E-state index in [1.54, 1.807) is 19.0 Å². The smallest absolute Gasteiger partial charge is 0.273 e. The maximum atomic E-state index is 12.0. The molecular formula is C12H19N3O. The average molecular weight is 221 g/mol. The Labute approximate surface area is 96.3 Å². The summed E-state index contributed by atoms with van der Waals surface area (Å²) < 4.78 is 2.20. The molecule has 88 valence electrons. The van der Waals surface area contributed by atoms with Crippen molar-refractivity contribution in [1.82, 2.24) is 14.5 Å². The fourth-order valence-electron chi connectivity index (χ4n) is 2.42. The molecule has 1 aliphatic rings. The van der Waals surface area contributed by atoms with Gasteiger partial charge >= 0.3 is 0 Å². The van der Waals surface area contributed by atoms with E-state index in [0.29, 0.717) is 11.6 Å². The summed E-state index contributed by atoms with van der Waals surface area (Å²) in [5.74, 6) is 1.42. The van der Waals surface area contributed by atoms with Gasteiger partial charge in [0.15, 0.2) is 0 Å². The lowest BCUT2D eigenvalue weighted by molar-refractivity contribution is 0.0820. The number of rotatable bonds is 1. The number of fused-ring (bicyclic) bond motifs is 1. The molecule has 1 unspecified atom stereocenters. The van der Waals surface area contributed by atoms with Crippen molar-refractivity contribution >= 4 is 5.91 Å². The lowest BCUT2D eigenvalue weighted by Gasteiger charge is -2.23. The van der Waals surface area contributed by atoms with Gasteiger partial charge in [0, 0.05) is 20.6 Å². The molecule has 1 aliphatic heterocycles. The zero-order valence-electron chi connectivity index (χ0n) is 10.4. The highest BCUT2D eigenvalue weighted by molar-refractivity contribution is 5.93. The second-order valence-electron chi connectivity index (χ2n) is 4.79. The third-order valence-corrected chi connectivity index (χ3v) is 3.29. The molecule has 0 saturated carbocycles. The van der Waals surface area contributed by atoms with Crippen molar-refractivity contribution in [3.63, 3.8) is 0 Å². The van der Waals surface area contributed by atoms with Crippen LogP contribution in [0.4, 0.5) is 0 Å². The molecule has 16 heavy (non-hydrogen) atoms. The van der Waals surface area contributed by atoms with Gasteiger partial charge in [-0.15, -0.1) is 0 Å². The standard InChI is InChI=1S/C12H19N3O/c1-8-6-5-7-15-9(2)13-10(11(8)15)12(16)14(3)4/h8H,5-7H2,1-4H3. The molecule has 1 amide bonds. The van der Waals surface area contributed by atoms with E-state index in [2.05, 4.69) is 16.5 Å². The Morgan fingerprint density at radius 2 is 2.19 bits per heavy atom. The predicted octanol–water partition coefficient (Wildman–Crippen LogP) is 1.79. The summed E-state index contributed by atoms with van der Waals surface area (Å²) in [5.41, 5.74) is 1.78. The van der Waals surface area contributed by atoms with Crippen molar-refractivity contribution in [3.8, 4) is 0 Å². The third kappa shape index (κ3) is 1.62. The number of carbonyl (C=O) groups is 1. The first-order chi connectivity index (χ1) is 7.52. The lowest BCUT2D eigenvalue weighted by atomic mass is 9.96. The van der Waals surface area contributed by atoms with E-state index in [4.69, 9.17) is 0 Å². The van der Waals surface area contributed by atoms with Gasteiger partial charge in [0.1, 0.15) is 11.5 Å². The first-order valence-corrected chi connectivity index (χ1v) is 5.81. The van der Waals surface area contributed by atoms with Gasteiger partial charge in [-0.2, -0.15) is 0 Å². The molecule has 4 heteroatoms. The Balaban J connectivity index is 2.51. The largest absolute Gasteiger partial charge is 0.343 e. The zero-order valence-corrected chi connectivity index (χ0v) is 10.4. The van der Waals surface area contributed by atoms with Crippen LogP contribution in [0.2, 0.25) is 0 Å². The van der Waals surface area contributed by atoms with Gasteiger partial charge in [-0.25, -0.2) is 4.98 Å². The third-order valence-electron chi connectivity index (χ3n) is 3.29. The molecule has 0 aliphatic carbocycles. The fraction of sp³-hybridized carbons (Fsp3) is 0.667. The number of hydrogen-bond donors (Lipinski definition) is 0. The Morgan fingerprint density at radius 1 is 1.50 bits per heavy atom. The van der Waals surface area contributed by atoms with Gasteiger partial charge in [0.05, 0.1) is 5.69 Å². The summed E-state index contributed by atoms with van der Waals surface area (Å²) in [4.78, 5) is 18.1. The molecule has 0 aromatic carbocycles. The number of amides is 1. The number of carbonyl (C=O) groups excluding carboxylic acids is 1. The molecular weight excluding hydrogens is 202 g/mol. The maximum Gasteiger partial charge on any atom is 0.273 e. The van der Waals surface area contributed by atoms with Crippen molar-refractivity contribution < 1.29 is 4.79 Å². The summed E-state index contributed by atoms with van der Waals surface area (Å²) in [6.45, 7) is 5.16. The van der Waals surface area contributed by atoms with Crippen LogP contribution in [0.25, 0.3) is 0 Å². The van der Waals surface area contributed by atoms with Crippen LogP contribution in [0.3, 0.4) is 0 Å². The summed E-state index contributed by atoms with van der Waals surface area (Å²) in [7, 11) is 3.55. The number of nitrogens with zero attached hydrogens (tertiary/aromatic N) is 3. The van der Waals surface area contributed by atoms with Gasteiger partial charge in [-0.3, -0.25) is 4.79 Å². The number of aryl methyl sites for hydroxylation is 1. The second-order valence-corrected chi connectivity index (χ2v) is 4.79. The highest BCUT2D eigenvalue weighted by Gasteiger charge is 2.27. The molecule has 4 nitrogen and oxygen atoms in total. The van der Waals surface area contributed by atoms with Crippen molar-refractivity contribution in [2.75, 3.05) is 14.1 Å². The minimum absolute atomic E-state index is 0.0191. The van der Waals surface area contributed by atoms with Crippen molar-refractivity contribution in [1.29, 1.82) is 0 Å². The first-order valence-electron chi connectivity index (χ1n) is 5.81. The molecule has 0 saturated heterocycles. The van der Waals surface area contributed by atoms with Crippen molar-refractivity contribution in [2.45, 2.75) is 39.2 Å². The van der Waals surface area contributed by atoms with Crippen molar-refractivity contribution in [3.05, 3.63) is 17.2 Å². The molecule has 0 bridgehead atoms. The van der Waals surface area contributed by atoms with E-state index in [-0.39, 0.29) is 5.91 Å². The minimum Gasteiger partial charge on any atom is -0.343 e. The summed E-state index contributed by atoms with van der Waals surface area (Å²) in [6.07, 6.45) is 2.33. The van der Waals surface area contributed by atoms with E-state index in [0.717, 1.165) is 24.5 Å². The molecule has 0 fully saturated rings. The van der Waals surface area contributed by atoms with E-state index in [1.165, 1.54) is 6.42 Å². The van der Waals surface area contributed by atoms with Crippen LogP contribution in [-0.2, 0) is 6.54 Å². The molecule has 0 N–H and O–H groups in total. The predicted molar refractivity (Wildman–Crippen MR) is 62.6 cm³/mol. The minimum atomic E-state index is 0.0191. The fourth-order valence-corrected chi connectivity index (χ4v) is 2.42. The molecule has 0 radical (unpaired) electrons. The summed E-state index contributed by atoms with van der Waals surface area (Å²) >= 11 is 0. The number of hydrogen-bond acceptors (Lipinski definition) is 2. The molecule has 1 atom stereocenters. The van der Waals surface area contributed by atoms with Crippen LogP contribution >= 0.6 is 0 Å². The van der Waals surface area contributed by atoms with Crippen LogP contribution in [0.5, 0.6) is 0 Å². The second kappa shape index (κ2) is 3.92. The van der Waals surface area contributed by atoms with Crippen LogP contribution in [-0.4, -0.2) is 34.5 Å². The Kier molecular flexibility index (Phi) is 2.74. The van der Waals surface area contributed by atoms with Crippen molar-refractivity contribution in [2.24, 2.45) is 0 Å². The zero-order chi connectivity index (χ0) is 11.9. The topological polar surface area (TPSA) is 38.1 Å². The van der Waals surface area contributed by atoms with E-state index in [9.17, 15) is 4.79 Å². The lowest BCUT2D eigenvalue weighted by Crippen LogP contribution is -2.25. The quantitative estimate of drug-likeness (QED) is 0.725. The molecule has 2 heterocycles. The van der Waals surface area contributed by atoms with E-state index < -0.39 is 0 Å². The van der Waals surface area contributed by atoms with Crippen LogP contribution < -0.4 is 0 Å². The van der Waals surface area contributed by atoms with Gasteiger partial charge in [0.25, 0.3) is 5.91 Å². The molecule has 2 rings (SSSR count). The summed E-state index contributed by atoms with van der Waals surface area (Å²) in [6, 6.07) is 0. The monoisotopic (exact) mass is 221 g/mol. The molecule has 1 aromatic rings. The first kappa shape index (κ1) is 11.2. The SMILES string of the molecule is Cc1nc(C(=O)N(C)C)c2n1CCCC2C. The Bertz CT molecular complexity index is 420. The van der Waals surface area contributed by atoms with Gasteiger partial charge in [0.2, 0.25) is 0 Å². The van der Waals surface area contributed by atoms with Gasteiger partial charge in [-0.05, 0) is 25.7 Å². The normalized spacial score (nSPS) is 19.4. The Morgan fingerprint density at radius 3 is 2.81 bits per heavy atom. The van der Waals surface area contributed by atoms with Gasteiger partial charge in [-0.1, -0.05) is 6.92 Å². The summed E-state index contributed by atoms with van der Waals surface area (Å²) in [5, 5.41) is 0. The van der Waals surface area contributed by atoms with Crippen LogP contribution in [0, 0.1) is 6.92 Å². The van der Waals surface area contributed by atoms with E-state index in [1.807, 2.05) is 6.92 Å². The highest BCUT2D eigenvalue weighted by Crippen LogP contribution is 2.30. The Hall–Kier alpha value is -1.32. The van der Waals surface area contributed by atoms with E-state index >= 15 is 0 Å². The van der Waals surface area contributed by atoms with Crippen LogP contribution in [0.15, 0.2) is 0 Å². The average Bonchev–Trinajstić information content (AvgIpc) is 2.57. The number of imidazole rings is 1. The highest BCUT2D eigenvalue weighted by atomic mass is 16.2.